The molecule has 0 saturated carbocycles. The number of nitrogens with one attached hydrogen (secondary N) is 2. The van der Waals surface area contributed by atoms with Gasteiger partial charge in [0.15, 0.2) is 16.6 Å². The van der Waals surface area contributed by atoms with Crippen molar-refractivity contribution < 1.29 is 13.9 Å². The van der Waals surface area contributed by atoms with E-state index in [1.165, 1.54) is 6.07 Å². The van der Waals surface area contributed by atoms with Crippen LogP contribution >= 0.6 is 28.1 Å². The number of ether oxygens (including phenoxy) is 2. The van der Waals surface area contributed by atoms with Gasteiger partial charge in [-0.25, -0.2) is 4.39 Å². The third-order valence-corrected chi connectivity index (χ3v) is 5.16. The predicted molar refractivity (Wildman–Crippen MR) is 133 cm³/mol. The second-order valence-electron chi connectivity index (χ2n) is 6.68. The van der Waals surface area contributed by atoms with Crippen molar-refractivity contribution in [2.45, 2.75) is 20.1 Å². The van der Waals surface area contributed by atoms with Crippen LogP contribution in [-0.4, -0.2) is 17.9 Å². The molecule has 0 aromatic heterocycles. The molecule has 0 fully saturated rings. The van der Waals surface area contributed by atoms with Crippen LogP contribution in [0.2, 0.25) is 0 Å². The van der Waals surface area contributed by atoms with E-state index in [9.17, 15) is 4.39 Å². The molecule has 0 spiro atoms. The fraction of sp³-hybridized carbons (Fsp3) is 0.167. The summed E-state index contributed by atoms with van der Waals surface area (Å²) in [6.07, 6.45) is 1.63. The average molecular weight is 516 g/mol. The van der Waals surface area contributed by atoms with Crippen molar-refractivity contribution in [1.29, 1.82) is 0 Å². The van der Waals surface area contributed by atoms with Crippen molar-refractivity contribution >= 4 is 39.5 Å². The van der Waals surface area contributed by atoms with Crippen LogP contribution in [0.1, 0.15) is 23.6 Å². The SMILES string of the molecule is CCOc1cc(/C=N\NC(=S)NCc2ccccc2)cc(Br)c1OCc1ccccc1F. The number of benzene rings is 3. The minimum atomic E-state index is -0.312. The van der Waals surface area contributed by atoms with E-state index < -0.39 is 0 Å². The fourth-order valence-electron chi connectivity index (χ4n) is 2.81. The minimum Gasteiger partial charge on any atom is -0.490 e. The molecule has 3 rings (SSSR count). The van der Waals surface area contributed by atoms with Gasteiger partial charge in [-0.1, -0.05) is 48.5 Å². The number of halogens is 2. The van der Waals surface area contributed by atoms with Gasteiger partial charge < -0.3 is 14.8 Å². The quantitative estimate of drug-likeness (QED) is 0.222. The lowest BCUT2D eigenvalue weighted by Crippen LogP contribution is -2.31. The Labute approximate surface area is 200 Å². The maximum Gasteiger partial charge on any atom is 0.187 e. The summed E-state index contributed by atoms with van der Waals surface area (Å²) in [5.41, 5.74) is 5.16. The summed E-state index contributed by atoms with van der Waals surface area (Å²) in [4.78, 5) is 0. The lowest BCUT2D eigenvalue weighted by molar-refractivity contribution is 0.264. The largest absolute Gasteiger partial charge is 0.490 e. The molecule has 0 heterocycles. The molecule has 0 aliphatic carbocycles. The Morgan fingerprint density at radius 1 is 1.09 bits per heavy atom. The van der Waals surface area contributed by atoms with E-state index in [0.29, 0.717) is 39.8 Å². The van der Waals surface area contributed by atoms with Crippen molar-refractivity contribution in [1.82, 2.24) is 10.7 Å². The first-order chi connectivity index (χ1) is 15.6. The highest BCUT2D eigenvalue weighted by Gasteiger charge is 2.13. The van der Waals surface area contributed by atoms with Crippen LogP contribution in [0.5, 0.6) is 11.5 Å². The van der Waals surface area contributed by atoms with Gasteiger partial charge in [-0.2, -0.15) is 5.10 Å². The summed E-state index contributed by atoms with van der Waals surface area (Å²) in [5.74, 6) is 0.720. The molecule has 0 aliphatic rings. The van der Waals surface area contributed by atoms with Crippen molar-refractivity contribution in [2.24, 2.45) is 5.10 Å². The van der Waals surface area contributed by atoms with Crippen LogP contribution in [0.15, 0.2) is 76.3 Å². The van der Waals surface area contributed by atoms with Gasteiger partial charge in [-0.05, 0) is 64.4 Å². The fourth-order valence-corrected chi connectivity index (χ4v) is 3.51. The summed E-state index contributed by atoms with van der Waals surface area (Å²) >= 11 is 8.77. The lowest BCUT2D eigenvalue weighted by atomic mass is 10.2. The van der Waals surface area contributed by atoms with Crippen LogP contribution < -0.4 is 20.2 Å². The molecule has 32 heavy (non-hydrogen) atoms. The van der Waals surface area contributed by atoms with Gasteiger partial charge in [0.25, 0.3) is 0 Å². The van der Waals surface area contributed by atoms with Crippen LogP contribution in [-0.2, 0) is 13.2 Å². The Morgan fingerprint density at radius 3 is 2.59 bits per heavy atom. The van der Waals surface area contributed by atoms with E-state index in [4.69, 9.17) is 21.7 Å². The van der Waals surface area contributed by atoms with Crippen molar-refractivity contribution in [3.05, 3.63) is 93.7 Å². The first kappa shape index (κ1) is 23.7. The summed E-state index contributed by atoms with van der Waals surface area (Å²) in [6, 6.07) is 20.1. The van der Waals surface area contributed by atoms with Gasteiger partial charge in [0, 0.05) is 12.1 Å². The predicted octanol–water partition coefficient (Wildman–Crippen LogP) is 5.56. The lowest BCUT2D eigenvalue weighted by Gasteiger charge is -2.15. The zero-order valence-electron chi connectivity index (χ0n) is 17.5. The minimum absolute atomic E-state index is 0.0850. The summed E-state index contributed by atoms with van der Waals surface area (Å²) in [5, 5.41) is 7.70. The van der Waals surface area contributed by atoms with Gasteiger partial charge >= 0.3 is 0 Å². The first-order valence-corrected chi connectivity index (χ1v) is 11.2. The van der Waals surface area contributed by atoms with E-state index in [-0.39, 0.29) is 12.4 Å². The highest BCUT2D eigenvalue weighted by molar-refractivity contribution is 9.10. The molecule has 166 valence electrons. The first-order valence-electron chi connectivity index (χ1n) is 10.00. The Hall–Kier alpha value is -2.97. The highest BCUT2D eigenvalue weighted by Crippen LogP contribution is 2.37. The summed E-state index contributed by atoms with van der Waals surface area (Å²) in [7, 11) is 0. The molecular formula is C24H23BrFN3O2S. The van der Waals surface area contributed by atoms with E-state index >= 15 is 0 Å². The number of thiocarbonyl (C=S) groups is 1. The number of hydrogen-bond acceptors (Lipinski definition) is 4. The van der Waals surface area contributed by atoms with Gasteiger partial charge in [0.05, 0.1) is 17.3 Å². The molecular weight excluding hydrogens is 493 g/mol. The van der Waals surface area contributed by atoms with Gasteiger partial charge in [-0.15, -0.1) is 0 Å². The molecule has 3 aromatic carbocycles. The molecule has 0 radical (unpaired) electrons. The Morgan fingerprint density at radius 2 is 1.84 bits per heavy atom. The second kappa shape index (κ2) is 12.2. The smallest absolute Gasteiger partial charge is 0.187 e. The van der Waals surface area contributed by atoms with Crippen LogP contribution in [0.3, 0.4) is 0 Å². The van der Waals surface area contributed by atoms with Crippen molar-refractivity contribution in [3.8, 4) is 11.5 Å². The van der Waals surface area contributed by atoms with E-state index in [2.05, 4.69) is 31.8 Å². The van der Waals surface area contributed by atoms with Crippen LogP contribution in [0, 0.1) is 5.82 Å². The monoisotopic (exact) mass is 515 g/mol. The molecule has 0 unspecified atom stereocenters. The molecule has 8 heteroatoms. The third kappa shape index (κ3) is 7.03. The Bertz CT molecular complexity index is 1080. The number of rotatable bonds is 9. The molecule has 0 aliphatic heterocycles. The van der Waals surface area contributed by atoms with Gasteiger partial charge in [0.2, 0.25) is 0 Å². The number of hydrogen-bond donors (Lipinski definition) is 2. The molecule has 2 N–H and O–H groups in total. The maximum absolute atomic E-state index is 13.9. The molecule has 5 nitrogen and oxygen atoms in total. The summed E-state index contributed by atoms with van der Waals surface area (Å²) < 4.78 is 26.2. The summed E-state index contributed by atoms with van der Waals surface area (Å²) in [6.45, 7) is 3.03. The molecule has 3 aromatic rings. The van der Waals surface area contributed by atoms with Crippen LogP contribution in [0.4, 0.5) is 4.39 Å². The third-order valence-electron chi connectivity index (χ3n) is 4.34. The van der Waals surface area contributed by atoms with Crippen molar-refractivity contribution in [2.75, 3.05) is 6.61 Å². The molecule has 0 bridgehead atoms. The standard InChI is InChI=1S/C24H23BrFN3O2S/c1-2-30-22-13-18(15-28-29-24(32)27-14-17-8-4-3-5-9-17)12-20(25)23(22)31-16-19-10-6-7-11-21(19)26/h3-13,15H,2,14,16H2,1H3,(H2,27,29,32)/b28-15-. The van der Waals surface area contributed by atoms with Crippen molar-refractivity contribution in [3.63, 3.8) is 0 Å². The van der Waals surface area contributed by atoms with Gasteiger partial charge in [-0.3, -0.25) is 5.43 Å². The van der Waals surface area contributed by atoms with Gasteiger partial charge in [0.1, 0.15) is 12.4 Å². The highest BCUT2D eigenvalue weighted by atomic mass is 79.9. The van der Waals surface area contributed by atoms with E-state index in [1.54, 1.807) is 30.5 Å². The number of nitrogens with zero attached hydrogens (tertiary/aromatic N) is 1. The zero-order chi connectivity index (χ0) is 22.8. The normalized spacial score (nSPS) is 10.7. The Kier molecular flexibility index (Phi) is 9.01. The van der Waals surface area contributed by atoms with E-state index in [0.717, 1.165) is 11.1 Å². The van der Waals surface area contributed by atoms with Crippen LogP contribution in [0.25, 0.3) is 0 Å². The molecule has 0 atom stereocenters. The Balaban J connectivity index is 1.62. The molecule has 0 amide bonds. The van der Waals surface area contributed by atoms with E-state index in [1.807, 2.05) is 43.3 Å². The number of hydrazone groups is 1. The molecule has 0 saturated heterocycles. The average Bonchev–Trinajstić information content (AvgIpc) is 2.79. The topological polar surface area (TPSA) is 54.9 Å². The zero-order valence-corrected chi connectivity index (χ0v) is 19.9. The maximum atomic E-state index is 13.9. The second-order valence-corrected chi connectivity index (χ2v) is 7.94.